The van der Waals surface area contributed by atoms with E-state index in [0.29, 0.717) is 28.7 Å². The van der Waals surface area contributed by atoms with E-state index in [1.165, 1.54) is 11.3 Å². The van der Waals surface area contributed by atoms with Crippen molar-refractivity contribution in [2.24, 2.45) is 0 Å². The lowest BCUT2D eigenvalue weighted by Crippen LogP contribution is -2.30. The van der Waals surface area contributed by atoms with Crippen LogP contribution >= 0.6 is 11.3 Å². The fourth-order valence-electron chi connectivity index (χ4n) is 2.83. The van der Waals surface area contributed by atoms with Crippen molar-refractivity contribution in [2.75, 3.05) is 11.4 Å². The van der Waals surface area contributed by atoms with Crippen molar-refractivity contribution in [2.45, 2.75) is 6.92 Å². The third-order valence-corrected chi connectivity index (χ3v) is 5.22. The van der Waals surface area contributed by atoms with Crippen LogP contribution in [0.1, 0.15) is 17.3 Å². The van der Waals surface area contributed by atoms with Gasteiger partial charge in [0.2, 0.25) is 0 Å². The van der Waals surface area contributed by atoms with Gasteiger partial charge in [-0.3, -0.25) is 9.69 Å². The zero-order valence-corrected chi connectivity index (χ0v) is 15.6. The quantitative estimate of drug-likeness (QED) is 0.446. The maximum atomic E-state index is 13.3. The van der Waals surface area contributed by atoms with Crippen molar-refractivity contribution in [3.05, 3.63) is 84.4 Å². The average Bonchev–Trinajstić information content (AvgIpc) is 3.13. The van der Waals surface area contributed by atoms with Gasteiger partial charge in [-0.25, -0.2) is 4.98 Å². The molecule has 5 heteroatoms. The Bertz CT molecular complexity index is 1040. The van der Waals surface area contributed by atoms with E-state index >= 15 is 0 Å². The van der Waals surface area contributed by atoms with E-state index in [0.717, 1.165) is 10.2 Å². The number of thiazole rings is 1. The van der Waals surface area contributed by atoms with Gasteiger partial charge in [0.1, 0.15) is 11.5 Å². The molecule has 134 valence electrons. The van der Waals surface area contributed by atoms with Crippen molar-refractivity contribution >= 4 is 32.6 Å². The van der Waals surface area contributed by atoms with Crippen LogP contribution in [0.4, 0.5) is 5.13 Å². The molecule has 0 aliphatic heterocycles. The number of para-hydroxylation sites is 3. The Morgan fingerprint density at radius 2 is 1.67 bits per heavy atom. The van der Waals surface area contributed by atoms with Crippen LogP contribution in [0, 0.1) is 0 Å². The molecule has 0 atom stereocenters. The van der Waals surface area contributed by atoms with Crippen LogP contribution in [0.25, 0.3) is 10.2 Å². The molecule has 0 unspecified atom stereocenters. The zero-order chi connectivity index (χ0) is 18.6. The number of hydrogen-bond acceptors (Lipinski definition) is 4. The molecule has 4 nitrogen and oxygen atoms in total. The lowest BCUT2D eigenvalue weighted by Gasteiger charge is -2.19. The highest BCUT2D eigenvalue weighted by atomic mass is 32.1. The minimum Gasteiger partial charge on any atom is -0.457 e. The van der Waals surface area contributed by atoms with Gasteiger partial charge in [-0.1, -0.05) is 53.8 Å². The number of amides is 1. The highest BCUT2D eigenvalue weighted by molar-refractivity contribution is 7.22. The van der Waals surface area contributed by atoms with Gasteiger partial charge in [-0.15, -0.1) is 0 Å². The van der Waals surface area contributed by atoms with E-state index in [2.05, 4.69) is 4.98 Å². The van der Waals surface area contributed by atoms with Crippen LogP contribution in [-0.4, -0.2) is 17.4 Å². The first-order valence-corrected chi connectivity index (χ1v) is 9.57. The maximum Gasteiger partial charge on any atom is 0.263 e. The van der Waals surface area contributed by atoms with Crippen LogP contribution in [0.2, 0.25) is 0 Å². The fraction of sp³-hybridized carbons (Fsp3) is 0.0909. The number of hydrogen-bond donors (Lipinski definition) is 0. The van der Waals surface area contributed by atoms with Crippen molar-refractivity contribution in [1.82, 2.24) is 4.98 Å². The molecule has 4 rings (SSSR count). The Kier molecular flexibility index (Phi) is 4.85. The molecule has 0 bridgehead atoms. The largest absolute Gasteiger partial charge is 0.457 e. The number of rotatable bonds is 5. The van der Waals surface area contributed by atoms with Gasteiger partial charge < -0.3 is 4.74 Å². The number of carbonyl (C=O) groups is 1. The summed E-state index contributed by atoms with van der Waals surface area (Å²) < 4.78 is 7.02. The second kappa shape index (κ2) is 7.60. The number of benzene rings is 3. The van der Waals surface area contributed by atoms with Gasteiger partial charge in [0.25, 0.3) is 5.91 Å². The highest BCUT2D eigenvalue weighted by Gasteiger charge is 2.22. The molecule has 0 N–H and O–H groups in total. The van der Waals surface area contributed by atoms with Gasteiger partial charge in [-0.2, -0.15) is 0 Å². The minimum absolute atomic E-state index is 0.122. The second-order valence-corrected chi connectivity index (χ2v) is 6.93. The van der Waals surface area contributed by atoms with Crippen LogP contribution in [0.3, 0.4) is 0 Å². The summed E-state index contributed by atoms with van der Waals surface area (Å²) in [7, 11) is 0. The lowest BCUT2D eigenvalue weighted by atomic mass is 10.1. The zero-order valence-electron chi connectivity index (χ0n) is 14.8. The first-order valence-electron chi connectivity index (χ1n) is 8.75. The summed E-state index contributed by atoms with van der Waals surface area (Å²) in [4.78, 5) is 19.6. The van der Waals surface area contributed by atoms with E-state index in [-0.39, 0.29) is 5.91 Å². The van der Waals surface area contributed by atoms with Crippen molar-refractivity contribution < 1.29 is 9.53 Å². The number of nitrogens with zero attached hydrogens (tertiary/aromatic N) is 2. The lowest BCUT2D eigenvalue weighted by molar-refractivity contribution is 0.0986. The Morgan fingerprint density at radius 1 is 0.963 bits per heavy atom. The van der Waals surface area contributed by atoms with Crippen LogP contribution in [-0.2, 0) is 0 Å². The maximum absolute atomic E-state index is 13.3. The summed E-state index contributed by atoms with van der Waals surface area (Å²) in [6.07, 6.45) is 0. The minimum atomic E-state index is -0.122. The van der Waals surface area contributed by atoms with E-state index in [1.54, 1.807) is 11.0 Å². The molecule has 0 radical (unpaired) electrons. The summed E-state index contributed by atoms with van der Waals surface area (Å²) in [6.45, 7) is 2.48. The SMILES string of the molecule is CCN(C(=O)c1ccccc1Oc1ccccc1)c1nc2ccccc2s1. The first kappa shape index (κ1) is 17.2. The topological polar surface area (TPSA) is 42.4 Å². The Balaban J connectivity index is 1.68. The number of aromatic nitrogens is 1. The van der Waals surface area contributed by atoms with Crippen molar-refractivity contribution in [1.29, 1.82) is 0 Å². The van der Waals surface area contributed by atoms with Crippen LogP contribution in [0.5, 0.6) is 11.5 Å². The summed E-state index contributed by atoms with van der Waals surface area (Å²) in [5, 5.41) is 0.693. The smallest absolute Gasteiger partial charge is 0.263 e. The molecule has 4 aromatic rings. The molecule has 27 heavy (non-hydrogen) atoms. The summed E-state index contributed by atoms with van der Waals surface area (Å²) >= 11 is 1.52. The molecular formula is C22H18N2O2S. The molecule has 1 heterocycles. The monoisotopic (exact) mass is 374 g/mol. The average molecular weight is 374 g/mol. The van der Waals surface area contributed by atoms with Crippen LogP contribution in [0.15, 0.2) is 78.9 Å². The molecule has 0 fully saturated rings. The molecule has 1 amide bonds. The molecule has 0 saturated heterocycles. The second-order valence-electron chi connectivity index (χ2n) is 5.92. The fourth-order valence-corrected chi connectivity index (χ4v) is 3.86. The van der Waals surface area contributed by atoms with Gasteiger partial charge >= 0.3 is 0 Å². The Morgan fingerprint density at radius 3 is 2.44 bits per heavy atom. The molecule has 0 aliphatic carbocycles. The highest BCUT2D eigenvalue weighted by Crippen LogP contribution is 2.32. The normalized spacial score (nSPS) is 10.7. The summed E-state index contributed by atoms with van der Waals surface area (Å²) in [6, 6.07) is 24.7. The predicted octanol–water partition coefficient (Wildman–Crippen LogP) is 5.76. The van der Waals surface area contributed by atoms with Gasteiger partial charge in [-0.05, 0) is 43.3 Å². The number of fused-ring (bicyclic) bond motifs is 1. The molecule has 0 spiro atoms. The molecular weight excluding hydrogens is 356 g/mol. The molecule has 1 aromatic heterocycles. The van der Waals surface area contributed by atoms with E-state index < -0.39 is 0 Å². The van der Waals surface area contributed by atoms with E-state index in [1.807, 2.05) is 79.7 Å². The van der Waals surface area contributed by atoms with E-state index in [9.17, 15) is 4.79 Å². The number of carbonyl (C=O) groups excluding carboxylic acids is 1. The summed E-state index contributed by atoms with van der Waals surface area (Å²) in [5.74, 6) is 1.11. The third kappa shape index (κ3) is 3.55. The predicted molar refractivity (Wildman–Crippen MR) is 110 cm³/mol. The number of anilines is 1. The third-order valence-electron chi connectivity index (χ3n) is 4.16. The van der Waals surface area contributed by atoms with Crippen molar-refractivity contribution in [3.63, 3.8) is 0 Å². The number of ether oxygens (including phenoxy) is 1. The van der Waals surface area contributed by atoms with Gasteiger partial charge in [0.15, 0.2) is 5.13 Å². The van der Waals surface area contributed by atoms with Crippen molar-refractivity contribution in [3.8, 4) is 11.5 Å². The molecule has 0 aliphatic rings. The Hall–Kier alpha value is -3.18. The first-order chi connectivity index (χ1) is 13.3. The van der Waals surface area contributed by atoms with Gasteiger partial charge in [0, 0.05) is 6.54 Å². The molecule has 3 aromatic carbocycles. The Labute approximate surface area is 161 Å². The van der Waals surface area contributed by atoms with E-state index in [4.69, 9.17) is 4.74 Å². The standard InChI is InChI=1S/C22H18N2O2S/c1-2-24(22-23-18-13-7-9-15-20(18)27-22)21(25)17-12-6-8-14-19(17)26-16-10-4-3-5-11-16/h3-15H,2H2,1H3. The summed E-state index contributed by atoms with van der Waals surface area (Å²) in [5.41, 5.74) is 1.42. The van der Waals surface area contributed by atoms with Gasteiger partial charge in [0.05, 0.1) is 15.8 Å². The van der Waals surface area contributed by atoms with Crippen LogP contribution < -0.4 is 9.64 Å². The molecule has 0 saturated carbocycles.